The predicted molar refractivity (Wildman–Crippen MR) is 123 cm³/mol. The molecule has 0 saturated carbocycles. The van der Waals surface area contributed by atoms with Crippen LogP contribution >= 0.6 is 11.6 Å². The summed E-state index contributed by atoms with van der Waals surface area (Å²) in [5.41, 5.74) is 1.97. The molecule has 0 fully saturated rings. The number of sulfonamides is 1. The lowest BCUT2D eigenvalue weighted by atomic mass is 10.1. The highest BCUT2D eigenvalue weighted by Gasteiger charge is 2.23. The van der Waals surface area contributed by atoms with Crippen LogP contribution in [0.5, 0.6) is 0 Å². The van der Waals surface area contributed by atoms with Crippen molar-refractivity contribution in [1.29, 1.82) is 0 Å². The first-order valence-electron chi connectivity index (χ1n) is 9.89. The van der Waals surface area contributed by atoms with Crippen LogP contribution in [0.15, 0.2) is 64.5 Å². The average molecular weight is 479 g/mol. The number of aliphatic imine (C=N–C) groups is 1. The largest absolute Gasteiger partial charge is 0.368 e. The SMILES string of the molecule is CN(Cc1ccc(C2=NCCN2)cc1)C(=O)C=CCN(C)S(=O)(=O)c1ccc(F)cc1Cl. The number of carbonyl (C=O) groups excluding carboxylic acids is 1. The number of likely N-dealkylation sites (N-methyl/N-ethyl adjacent to an activating group) is 2. The summed E-state index contributed by atoms with van der Waals surface area (Å²) in [6.45, 7) is 1.98. The van der Waals surface area contributed by atoms with Gasteiger partial charge in [0.2, 0.25) is 15.9 Å². The Morgan fingerprint density at radius 1 is 1.22 bits per heavy atom. The van der Waals surface area contributed by atoms with E-state index in [0.29, 0.717) is 6.54 Å². The van der Waals surface area contributed by atoms with Crippen molar-refractivity contribution in [2.24, 2.45) is 4.99 Å². The number of hydrogen-bond acceptors (Lipinski definition) is 5. The molecule has 2 aromatic carbocycles. The van der Waals surface area contributed by atoms with Gasteiger partial charge in [0.15, 0.2) is 0 Å². The van der Waals surface area contributed by atoms with E-state index in [1.54, 1.807) is 7.05 Å². The lowest BCUT2D eigenvalue weighted by Gasteiger charge is -2.17. The summed E-state index contributed by atoms with van der Waals surface area (Å²) in [7, 11) is -0.892. The second-order valence-corrected chi connectivity index (χ2v) is 9.73. The van der Waals surface area contributed by atoms with Crippen LogP contribution < -0.4 is 5.32 Å². The van der Waals surface area contributed by atoms with Gasteiger partial charge in [-0.1, -0.05) is 41.9 Å². The second kappa shape index (κ2) is 10.2. The van der Waals surface area contributed by atoms with Gasteiger partial charge in [-0.05, 0) is 23.8 Å². The zero-order valence-corrected chi connectivity index (χ0v) is 19.3. The van der Waals surface area contributed by atoms with E-state index in [4.69, 9.17) is 11.6 Å². The van der Waals surface area contributed by atoms with E-state index < -0.39 is 15.8 Å². The van der Waals surface area contributed by atoms with Gasteiger partial charge in [-0.3, -0.25) is 9.79 Å². The summed E-state index contributed by atoms with van der Waals surface area (Å²) in [6.07, 6.45) is 2.78. The maximum absolute atomic E-state index is 13.2. The lowest BCUT2D eigenvalue weighted by molar-refractivity contribution is -0.125. The minimum absolute atomic E-state index is 0.0422. The molecule has 0 atom stereocenters. The zero-order chi connectivity index (χ0) is 23.3. The van der Waals surface area contributed by atoms with Gasteiger partial charge in [0, 0.05) is 45.4 Å². The van der Waals surface area contributed by atoms with Crippen molar-refractivity contribution in [1.82, 2.24) is 14.5 Å². The molecule has 1 aliphatic heterocycles. The number of hydrogen-bond donors (Lipinski definition) is 1. The predicted octanol–water partition coefficient (Wildman–Crippen LogP) is 2.66. The Morgan fingerprint density at radius 2 is 1.94 bits per heavy atom. The molecule has 0 unspecified atom stereocenters. The maximum Gasteiger partial charge on any atom is 0.246 e. The highest BCUT2D eigenvalue weighted by Crippen LogP contribution is 2.24. The zero-order valence-electron chi connectivity index (χ0n) is 17.8. The molecule has 0 bridgehead atoms. The number of rotatable bonds is 8. The molecule has 0 aromatic heterocycles. The van der Waals surface area contributed by atoms with Crippen molar-refractivity contribution in [2.45, 2.75) is 11.4 Å². The van der Waals surface area contributed by atoms with Crippen molar-refractivity contribution < 1.29 is 17.6 Å². The number of amides is 1. The van der Waals surface area contributed by atoms with Gasteiger partial charge in [0.1, 0.15) is 16.5 Å². The highest BCUT2D eigenvalue weighted by atomic mass is 35.5. The molecule has 32 heavy (non-hydrogen) atoms. The molecule has 1 amide bonds. The molecule has 0 spiro atoms. The quantitative estimate of drug-likeness (QED) is 0.591. The summed E-state index contributed by atoms with van der Waals surface area (Å²) in [5, 5.41) is 3.02. The Morgan fingerprint density at radius 3 is 2.56 bits per heavy atom. The molecule has 2 aromatic rings. The van der Waals surface area contributed by atoms with Gasteiger partial charge in [-0.25, -0.2) is 12.8 Å². The van der Waals surface area contributed by atoms with Gasteiger partial charge in [0.25, 0.3) is 0 Å². The third-order valence-corrected chi connectivity index (χ3v) is 7.21. The van der Waals surface area contributed by atoms with Crippen molar-refractivity contribution in [3.05, 3.63) is 76.6 Å². The highest BCUT2D eigenvalue weighted by molar-refractivity contribution is 7.89. The lowest BCUT2D eigenvalue weighted by Crippen LogP contribution is -2.28. The Bertz CT molecular complexity index is 1150. The van der Waals surface area contributed by atoms with Crippen molar-refractivity contribution in [2.75, 3.05) is 33.7 Å². The molecule has 0 radical (unpaired) electrons. The summed E-state index contributed by atoms with van der Waals surface area (Å²) in [4.78, 5) is 18.1. The minimum atomic E-state index is -3.92. The van der Waals surface area contributed by atoms with Crippen molar-refractivity contribution >= 4 is 33.4 Å². The number of nitrogens with zero attached hydrogens (tertiary/aromatic N) is 3. The standard InChI is InChI=1S/C22H24ClFN4O3S/c1-27(15-16-5-7-17(8-6-16)22-25-11-12-26-22)21(29)4-3-13-28(2)32(30,31)20-10-9-18(24)14-19(20)23/h3-10,14H,11-13,15H2,1-2H3,(H,25,26). The van der Waals surface area contributed by atoms with E-state index in [0.717, 1.165) is 52.6 Å². The van der Waals surface area contributed by atoms with Crippen LogP contribution in [-0.4, -0.2) is 63.1 Å². The van der Waals surface area contributed by atoms with E-state index >= 15 is 0 Å². The van der Waals surface area contributed by atoms with Crippen molar-refractivity contribution in [3.8, 4) is 0 Å². The molecule has 0 aliphatic carbocycles. The molecular formula is C22H24ClFN4O3S. The third-order valence-electron chi connectivity index (χ3n) is 4.90. The number of carbonyl (C=O) groups is 1. The Kier molecular flexibility index (Phi) is 7.65. The van der Waals surface area contributed by atoms with Crippen LogP contribution in [-0.2, 0) is 21.4 Å². The fourth-order valence-corrected chi connectivity index (χ4v) is 4.71. The fourth-order valence-electron chi connectivity index (χ4n) is 3.09. The first-order chi connectivity index (χ1) is 15.2. The van der Waals surface area contributed by atoms with Crippen molar-refractivity contribution in [3.63, 3.8) is 0 Å². The van der Waals surface area contributed by atoms with E-state index in [2.05, 4.69) is 10.3 Å². The third kappa shape index (κ3) is 5.73. The molecule has 1 N–H and O–H groups in total. The Hall–Kier alpha value is -2.75. The molecule has 7 nitrogen and oxygen atoms in total. The van der Waals surface area contributed by atoms with Gasteiger partial charge in [0.05, 0.1) is 11.6 Å². The monoisotopic (exact) mass is 478 g/mol. The van der Waals surface area contributed by atoms with Gasteiger partial charge in [-0.2, -0.15) is 4.31 Å². The molecular weight excluding hydrogens is 455 g/mol. The minimum Gasteiger partial charge on any atom is -0.368 e. The van der Waals surface area contributed by atoms with Crippen LogP contribution in [0.1, 0.15) is 11.1 Å². The second-order valence-electron chi connectivity index (χ2n) is 7.31. The van der Waals surface area contributed by atoms with Crippen LogP contribution in [0.25, 0.3) is 0 Å². The Labute approximate surface area is 192 Å². The van der Waals surface area contributed by atoms with E-state index in [-0.39, 0.29) is 22.4 Å². The smallest absolute Gasteiger partial charge is 0.246 e. The van der Waals surface area contributed by atoms with Gasteiger partial charge < -0.3 is 10.2 Å². The van der Waals surface area contributed by atoms with E-state index in [1.807, 2.05) is 24.3 Å². The van der Waals surface area contributed by atoms with Crippen LogP contribution in [0.4, 0.5) is 4.39 Å². The summed E-state index contributed by atoms with van der Waals surface area (Å²) >= 11 is 5.87. The Balaban J connectivity index is 1.56. The number of amidine groups is 1. The fraction of sp³-hybridized carbons (Fsp3) is 0.273. The maximum atomic E-state index is 13.2. The summed E-state index contributed by atoms with van der Waals surface area (Å²) < 4.78 is 39.5. The van der Waals surface area contributed by atoms with Gasteiger partial charge >= 0.3 is 0 Å². The first kappa shape index (κ1) is 23.9. The average Bonchev–Trinajstić information content (AvgIpc) is 3.28. The first-order valence-corrected chi connectivity index (χ1v) is 11.7. The van der Waals surface area contributed by atoms with E-state index in [9.17, 15) is 17.6 Å². The molecule has 3 rings (SSSR count). The number of halogens is 2. The van der Waals surface area contributed by atoms with Gasteiger partial charge in [-0.15, -0.1) is 0 Å². The molecule has 1 heterocycles. The molecule has 10 heteroatoms. The molecule has 170 valence electrons. The van der Waals surface area contributed by atoms with Crippen LogP contribution in [0.3, 0.4) is 0 Å². The number of benzene rings is 2. The van der Waals surface area contributed by atoms with E-state index in [1.165, 1.54) is 24.1 Å². The summed E-state index contributed by atoms with van der Waals surface area (Å²) in [6, 6.07) is 10.9. The normalized spacial score (nSPS) is 14.0. The topological polar surface area (TPSA) is 82.1 Å². The molecule has 1 aliphatic rings. The summed E-state index contributed by atoms with van der Waals surface area (Å²) in [5.74, 6) is -0.00448. The molecule has 0 saturated heterocycles. The number of nitrogens with one attached hydrogen (secondary N) is 1. The van der Waals surface area contributed by atoms with Crippen LogP contribution in [0.2, 0.25) is 5.02 Å². The van der Waals surface area contributed by atoms with Crippen LogP contribution in [0, 0.1) is 5.82 Å².